The van der Waals surface area contributed by atoms with Gasteiger partial charge in [0.2, 0.25) is 15.9 Å². The molecule has 0 bridgehead atoms. The van der Waals surface area contributed by atoms with Gasteiger partial charge in [0.1, 0.15) is 12.6 Å². The Hall–Kier alpha value is -4.66. The predicted molar refractivity (Wildman–Crippen MR) is 188 cm³/mol. The maximum atomic E-state index is 14.2. The van der Waals surface area contributed by atoms with Crippen molar-refractivity contribution in [3.63, 3.8) is 0 Å². The molecule has 2 aromatic carbocycles. The van der Waals surface area contributed by atoms with Gasteiger partial charge in [-0.1, -0.05) is 87.8 Å². The molecule has 2 heterocycles. The van der Waals surface area contributed by atoms with Crippen LogP contribution in [0.5, 0.6) is 0 Å². The first-order valence-corrected chi connectivity index (χ1v) is 18.1. The van der Waals surface area contributed by atoms with Crippen molar-refractivity contribution in [2.75, 3.05) is 19.6 Å². The minimum absolute atomic E-state index is 0.00558. The number of carbonyl (C=O) groups excluding carboxylic acids is 3. The van der Waals surface area contributed by atoms with Crippen molar-refractivity contribution in [2.45, 2.75) is 70.2 Å². The summed E-state index contributed by atoms with van der Waals surface area (Å²) in [5.41, 5.74) is 1.97. The first-order valence-electron chi connectivity index (χ1n) is 16.7. The molecule has 4 rings (SSSR count). The number of hydrogen-bond donors (Lipinski definition) is 3. The highest BCUT2D eigenvalue weighted by Crippen LogP contribution is 2.24. The molecular formula is C36H46N6O7S. The van der Waals surface area contributed by atoms with Crippen LogP contribution in [0.25, 0.3) is 0 Å². The molecule has 14 heteroatoms. The Morgan fingerprint density at radius 1 is 1.02 bits per heavy atom. The molecule has 1 aromatic heterocycles. The number of sulfonamides is 1. The van der Waals surface area contributed by atoms with Crippen molar-refractivity contribution in [3.05, 3.63) is 95.8 Å². The Balaban J connectivity index is 1.61. The standard InChI is InChI=1S/C36H46N6O7S/c1-5-26(4)34(42-24-33(44)41(36(42)46)22-29-12-9-17-37-19-29)35(45)39-31(18-27-10-7-6-8-11-27)32(43)23-40(21-25(2)3)50(48,49)30-15-13-28(14-16-30)20-38-47/h6-17,19-20,25-26,31-32,34,43,47H,5,18,21-24H2,1-4H3,(H,39,45)/b38-20+/t26?,31-,32+,34-/m0/s1. The van der Waals surface area contributed by atoms with E-state index in [2.05, 4.69) is 15.5 Å². The molecule has 1 aliphatic rings. The van der Waals surface area contributed by atoms with Gasteiger partial charge in [-0.2, -0.15) is 4.31 Å². The number of aliphatic hydroxyl groups excluding tert-OH is 1. The molecule has 1 unspecified atom stereocenters. The van der Waals surface area contributed by atoms with Crippen LogP contribution in [0.15, 0.2) is 89.2 Å². The lowest BCUT2D eigenvalue weighted by Crippen LogP contribution is -2.57. The van der Waals surface area contributed by atoms with E-state index in [1.54, 1.807) is 24.5 Å². The minimum Gasteiger partial charge on any atom is -0.411 e. The fourth-order valence-corrected chi connectivity index (χ4v) is 7.53. The zero-order valence-corrected chi connectivity index (χ0v) is 29.6. The number of aromatic nitrogens is 1. The van der Waals surface area contributed by atoms with Crippen LogP contribution in [-0.4, -0.2) is 99.7 Å². The highest BCUT2D eigenvalue weighted by molar-refractivity contribution is 7.89. The fourth-order valence-electron chi connectivity index (χ4n) is 5.91. The Bertz CT molecular complexity index is 1720. The number of oxime groups is 1. The number of rotatable bonds is 17. The third-order valence-electron chi connectivity index (χ3n) is 8.71. The van der Waals surface area contributed by atoms with Crippen molar-refractivity contribution in [3.8, 4) is 0 Å². The summed E-state index contributed by atoms with van der Waals surface area (Å²) >= 11 is 0. The quantitative estimate of drug-likeness (QED) is 0.0828. The zero-order valence-electron chi connectivity index (χ0n) is 28.8. The second kappa shape index (κ2) is 17.3. The van der Waals surface area contributed by atoms with Crippen LogP contribution < -0.4 is 5.32 Å². The normalized spacial score (nSPS) is 16.3. The second-order valence-electron chi connectivity index (χ2n) is 13.0. The summed E-state index contributed by atoms with van der Waals surface area (Å²) in [6, 6.07) is 15.9. The highest BCUT2D eigenvalue weighted by Gasteiger charge is 2.45. The number of hydrogen-bond acceptors (Lipinski definition) is 9. The molecule has 50 heavy (non-hydrogen) atoms. The van der Waals surface area contributed by atoms with E-state index in [1.165, 1.54) is 39.7 Å². The van der Waals surface area contributed by atoms with Crippen LogP contribution >= 0.6 is 0 Å². The molecule has 268 valence electrons. The van der Waals surface area contributed by atoms with Gasteiger partial charge in [-0.3, -0.25) is 19.5 Å². The predicted octanol–water partition coefficient (Wildman–Crippen LogP) is 3.50. The molecule has 3 N–H and O–H groups in total. The molecule has 0 saturated carbocycles. The van der Waals surface area contributed by atoms with Crippen LogP contribution in [-0.2, 0) is 32.6 Å². The van der Waals surface area contributed by atoms with E-state index in [1.807, 2.05) is 58.0 Å². The van der Waals surface area contributed by atoms with E-state index in [-0.39, 0.29) is 49.3 Å². The number of benzene rings is 2. The van der Waals surface area contributed by atoms with E-state index in [4.69, 9.17) is 5.21 Å². The summed E-state index contributed by atoms with van der Waals surface area (Å²) in [5, 5.41) is 26.5. The van der Waals surface area contributed by atoms with Gasteiger partial charge in [0.05, 0.1) is 29.8 Å². The van der Waals surface area contributed by atoms with Gasteiger partial charge in [-0.05, 0) is 53.1 Å². The lowest BCUT2D eigenvalue weighted by molar-refractivity contribution is -0.129. The van der Waals surface area contributed by atoms with Gasteiger partial charge < -0.3 is 20.5 Å². The zero-order chi connectivity index (χ0) is 36.4. The lowest BCUT2D eigenvalue weighted by Gasteiger charge is -2.34. The van der Waals surface area contributed by atoms with Crippen molar-refractivity contribution in [2.24, 2.45) is 17.0 Å². The van der Waals surface area contributed by atoms with Crippen LogP contribution in [0.1, 0.15) is 50.8 Å². The first kappa shape index (κ1) is 38.1. The number of imide groups is 1. The Labute approximate surface area is 293 Å². The molecule has 4 amide bonds. The van der Waals surface area contributed by atoms with E-state index in [0.717, 1.165) is 10.5 Å². The number of nitrogens with zero attached hydrogens (tertiary/aromatic N) is 5. The summed E-state index contributed by atoms with van der Waals surface area (Å²) in [5.74, 6) is -1.44. The molecule has 13 nitrogen and oxygen atoms in total. The molecule has 4 atom stereocenters. The van der Waals surface area contributed by atoms with Gasteiger partial charge in [0.15, 0.2) is 0 Å². The third-order valence-corrected chi connectivity index (χ3v) is 10.6. The summed E-state index contributed by atoms with van der Waals surface area (Å²) < 4.78 is 28.9. The summed E-state index contributed by atoms with van der Waals surface area (Å²) in [6.07, 6.45) is 3.68. The molecular weight excluding hydrogens is 660 g/mol. The average molecular weight is 707 g/mol. The summed E-state index contributed by atoms with van der Waals surface area (Å²) in [7, 11) is -4.10. The first-order chi connectivity index (χ1) is 23.8. The molecule has 1 aliphatic heterocycles. The summed E-state index contributed by atoms with van der Waals surface area (Å²) in [4.78, 5) is 47.3. The lowest BCUT2D eigenvalue weighted by atomic mass is 9.95. The van der Waals surface area contributed by atoms with Crippen molar-refractivity contribution in [1.82, 2.24) is 24.4 Å². The molecule has 1 saturated heterocycles. The van der Waals surface area contributed by atoms with E-state index in [9.17, 15) is 27.9 Å². The number of urea groups is 1. The molecule has 3 aromatic rings. The topological polar surface area (TPSA) is 173 Å². The minimum atomic E-state index is -4.10. The van der Waals surface area contributed by atoms with Crippen LogP contribution in [0.3, 0.4) is 0 Å². The maximum absolute atomic E-state index is 14.2. The second-order valence-corrected chi connectivity index (χ2v) is 14.9. The van der Waals surface area contributed by atoms with E-state index in [0.29, 0.717) is 17.5 Å². The van der Waals surface area contributed by atoms with Gasteiger partial charge in [0.25, 0.3) is 5.91 Å². The highest BCUT2D eigenvalue weighted by atomic mass is 32.2. The van der Waals surface area contributed by atoms with Crippen molar-refractivity contribution in [1.29, 1.82) is 0 Å². The number of amides is 4. The van der Waals surface area contributed by atoms with Crippen molar-refractivity contribution >= 4 is 34.1 Å². The van der Waals surface area contributed by atoms with Crippen LogP contribution in [0.4, 0.5) is 4.79 Å². The third kappa shape index (κ3) is 9.52. The van der Waals surface area contributed by atoms with Gasteiger partial charge in [-0.15, -0.1) is 0 Å². The van der Waals surface area contributed by atoms with E-state index >= 15 is 0 Å². The summed E-state index contributed by atoms with van der Waals surface area (Å²) in [6.45, 7) is 6.94. The molecule has 0 spiro atoms. The molecule has 0 radical (unpaired) electrons. The SMILES string of the molecule is CCC(C)[C@@H](C(=O)N[C@@H](Cc1ccccc1)[C@H](O)CN(CC(C)C)S(=O)(=O)c1ccc(/C=N/O)cc1)N1CC(=O)N(Cc2cccnc2)C1=O. The largest absolute Gasteiger partial charge is 0.411 e. The maximum Gasteiger partial charge on any atom is 0.328 e. The Kier molecular flexibility index (Phi) is 13.2. The Morgan fingerprint density at radius 2 is 1.70 bits per heavy atom. The van der Waals surface area contributed by atoms with Crippen LogP contribution in [0.2, 0.25) is 0 Å². The van der Waals surface area contributed by atoms with Crippen molar-refractivity contribution < 1.29 is 33.1 Å². The number of pyridine rings is 1. The molecule has 1 fully saturated rings. The van der Waals surface area contributed by atoms with Gasteiger partial charge in [-0.25, -0.2) is 13.2 Å². The monoisotopic (exact) mass is 706 g/mol. The average Bonchev–Trinajstić information content (AvgIpc) is 3.36. The van der Waals surface area contributed by atoms with Gasteiger partial charge >= 0.3 is 6.03 Å². The Morgan fingerprint density at radius 3 is 2.30 bits per heavy atom. The number of nitrogens with one attached hydrogen (secondary N) is 1. The molecule has 0 aliphatic carbocycles. The number of aliphatic hydroxyl groups is 1. The van der Waals surface area contributed by atoms with E-state index < -0.39 is 46.1 Å². The number of carbonyl (C=O) groups is 3. The van der Waals surface area contributed by atoms with Crippen LogP contribution in [0, 0.1) is 11.8 Å². The smallest absolute Gasteiger partial charge is 0.328 e. The fraction of sp³-hybridized carbons (Fsp3) is 0.417. The van der Waals surface area contributed by atoms with Gasteiger partial charge in [0, 0.05) is 25.5 Å².